The summed E-state index contributed by atoms with van der Waals surface area (Å²) in [6.45, 7) is 2.75. The lowest BCUT2D eigenvalue weighted by atomic mass is 10.1. The van der Waals surface area contributed by atoms with E-state index in [4.69, 9.17) is 4.74 Å². The third kappa shape index (κ3) is 3.47. The fourth-order valence-corrected chi connectivity index (χ4v) is 3.85. The lowest BCUT2D eigenvalue weighted by Crippen LogP contribution is -2.49. The van der Waals surface area contributed by atoms with Crippen LogP contribution in [0.4, 0.5) is 5.69 Å². The van der Waals surface area contributed by atoms with Gasteiger partial charge in [-0.3, -0.25) is 19.2 Å². The quantitative estimate of drug-likeness (QED) is 0.467. The maximum Gasteiger partial charge on any atom is 0.308 e. The summed E-state index contributed by atoms with van der Waals surface area (Å²) in [6.07, 6.45) is 3.80. The van der Waals surface area contributed by atoms with E-state index in [0.717, 1.165) is 30.6 Å². The van der Waals surface area contributed by atoms with Crippen molar-refractivity contribution in [1.29, 1.82) is 0 Å². The zero-order valence-electron chi connectivity index (χ0n) is 14.9. The van der Waals surface area contributed by atoms with Gasteiger partial charge in [-0.25, -0.2) is 4.90 Å². The van der Waals surface area contributed by atoms with Gasteiger partial charge in [0, 0.05) is 19.9 Å². The molecule has 1 aromatic carbocycles. The molecule has 1 aliphatic heterocycles. The number of ether oxygens (including phenoxy) is 1. The second-order valence-corrected chi connectivity index (χ2v) is 6.74. The smallest absolute Gasteiger partial charge is 0.308 e. The lowest BCUT2D eigenvalue weighted by molar-refractivity contribution is -0.139. The number of benzene rings is 1. The fraction of sp³-hybridized carbons (Fsp3) is 0.474. The van der Waals surface area contributed by atoms with Gasteiger partial charge in [0.25, 0.3) is 5.91 Å². The second kappa shape index (κ2) is 7.27. The highest BCUT2D eigenvalue weighted by atomic mass is 16.5. The van der Waals surface area contributed by atoms with Crippen LogP contribution < -0.4 is 9.64 Å². The predicted molar refractivity (Wildman–Crippen MR) is 93.4 cm³/mol. The second-order valence-electron chi connectivity index (χ2n) is 6.74. The molecule has 0 radical (unpaired) electrons. The minimum absolute atomic E-state index is 0.000606. The van der Waals surface area contributed by atoms with Gasteiger partial charge in [0.15, 0.2) is 0 Å². The van der Waals surface area contributed by atoms with E-state index in [9.17, 15) is 19.2 Å². The molecule has 1 aliphatic carbocycles. The van der Waals surface area contributed by atoms with E-state index in [1.807, 2.05) is 0 Å². The molecule has 1 saturated heterocycles. The first-order chi connectivity index (χ1) is 12.4. The van der Waals surface area contributed by atoms with Gasteiger partial charge in [-0.15, -0.1) is 0 Å². The van der Waals surface area contributed by atoms with Crippen molar-refractivity contribution < 1.29 is 23.9 Å². The number of rotatable bonds is 4. The normalized spacial score (nSPS) is 20.5. The van der Waals surface area contributed by atoms with Gasteiger partial charge in [-0.1, -0.05) is 12.8 Å². The first-order valence-electron chi connectivity index (χ1n) is 8.82. The summed E-state index contributed by atoms with van der Waals surface area (Å²) < 4.78 is 4.96. The molecular weight excluding hydrogens is 336 g/mol. The highest BCUT2D eigenvalue weighted by molar-refractivity contribution is 6.23. The molecule has 7 heteroatoms. The van der Waals surface area contributed by atoms with Crippen LogP contribution in [-0.2, 0) is 19.2 Å². The largest absolute Gasteiger partial charge is 0.427 e. The van der Waals surface area contributed by atoms with Crippen molar-refractivity contribution in [2.24, 2.45) is 0 Å². The summed E-state index contributed by atoms with van der Waals surface area (Å²) in [5.74, 6) is -0.982. The minimum Gasteiger partial charge on any atom is -0.427 e. The van der Waals surface area contributed by atoms with E-state index in [1.165, 1.54) is 26.0 Å². The molecule has 3 amide bonds. The van der Waals surface area contributed by atoms with E-state index in [0.29, 0.717) is 11.4 Å². The van der Waals surface area contributed by atoms with Crippen molar-refractivity contribution >= 4 is 29.4 Å². The Hall–Kier alpha value is -2.70. The van der Waals surface area contributed by atoms with Gasteiger partial charge < -0.3 is 9.64 Å². The Morgan fingerprint density at radius 2 is 1.69 bits per heavy atom. The average molecular weight is 358 g/mol. The predicted octanol–water partition coefficient (Wildman–Crippen LogP) is 2.03. The van der Waals surface area contributed by atoms with Crippen molar-refractivity contribution in [2.45, 2.75) is 58.0 Å². The highest BCUT2D eigenvalue weighted by Crippen LogP contribution is 2.32. The first-order valence-corrected chi connectivity index (χ1v) is 8.82. The summed E-state index contributed by atoms with van der Waals surface area (Å²) in [5, 5.41) is 0. The van der Waals surface area contributed by atoms with E-state index < -0.39 is 12.0 Å². The third-order valence-corrected chi connectivity index (χ3v) is 4.90. The summed E-state index contributed by atoms with van der Waals surface area (Å²) >= 11 is 0. The number of hydrogen-bond acceptors (Lipinski definition) is 5. The van der Waals surface area contributed by atoms with Crippen LogP contribution in [0, 0.1) is 0 Å². The first kappa shape index (κ1) is 18.1. The van der Waals surface area contributed by atoms with Crippen molar-refractivity contribution in [3.8, 4) is 5.75 Å². The number of esters is 1. The molecule has 1 aromatic rings. The molecule has 7 nitrogen and oxygen atoms in total. The molecule has 2 fully saturated rings. The molecule has 1 saturated carbocycles. The van der Waals surface area contributed by atoms with Crippen LogP contribution in [0.3, 0.4) is 0 Å². The van der Waals surface area contributed by atoms with E-state index >= 15 is 0 Å². The number of hydrogen-bond donors (Lipinski definition) is 0. The van der Waals surface area contributed by atoms with Gasteiger partial charge in [0.2, 0.25) is 11.8 Å². The Morgan fingerprint density at radius 1 is 1.08 bits per heavy atom. The molecule has 138 valence electrons. The van der Waals surface area contributed by atoms with Gasteiger partial charge in [0.1, 0.15) is 11.8 Å². The highest BCUT2D eigenvalue weighted by Gasteiger charge is 2.46. The minimum atomic E-state index is -0.740. The molecule has 0 N–H and O–H groups in total. The summed E-state index contributed by atoms with van der Waals surface area (Å²) in [5.41, 5.74) is 0.410. The third-order valence-electron chi connectivity index (χ3n) is 4.90. The van der Waals surface area contributed by atoms with Gasteiger partial charge in [0.05, 0.1) is 12.1 Å². The summed E-state index contributed by atoms with van der Waals surface area (Å²) in [4.78, 5) is 51.2. The van der Waals surface area contributed by atoms with Crippen LogP contribution in [0.25, 0.3) is 0 Å². The van der Waals surface area contributed by atoms with Crippen LogP contribution in [0.1, 0.15) is 46.0 Å². The Labute approximate surface area is 151 Å². The molecule has 1 heterocycles. The maximum absolute atomic E-state index is 12.9. The Kier molecular flexibility index (Phi) is 5.06. The number of amides is 3. The SMILES string of the molecule is CC(=O)Oc1ccc(N2C(=O)CC(N(C(C)=O)C3CCCC3)C2=O)cc1. The van der Waals surface area contributed by atoms with E-state index in [-0.39, 0.29) is 30.2 Å². The molecule has 0 bridgehead atoms. The Bertz CT molecular complexity index is 737. The standard InChI is InChI=1S/C19H22N2O5/c1-12(22)20(14-5-3-4-6-14)17-11-18(24)21(19(17)25)15-7-9-16(10-8-15)26-13(2)23/h7-10,14,17H,3-6,11H2,1-2H3. The number of imide groups is 1. The fourth-order valence-electron chi connectivity index (χ4n) is 3.85. The summed E-state index contributed by atoms with van der Waals surface area (Å²) in [6, 6.07) is 5.47. The van der Waals surface area contributed by atoms with Gasteiger partial charge >= 0.3 is 5.97 Å². The van der Waals surface area contributed by atoms with Crippen LogP contribution in [0.5, 0.6) is 5.75 Å². The van der Waals surface area contributed by atoms with Gasteiger partial charge in [-0.05, 0) is 37.1 Å². The number of carbonyl (C=O) groups is 4. The zero-order chi connectivity index (χ0) is 18.8. The van der Waals surface area contributed by atoms with Crippen molar-refractivity contribution in [3.63, 3.8) is 0 Å². The Morgan fingerprint density at radius 3 is 2.23 bits per heavy atom. The van der Waals surface area contributed by atoms with Crippen LogP contribution in [0.15, 0.2) is 24.3 Å². The van der Waals surface area contributed by atoms with Crippen molar-refractivity contribution in [2.75, 3.05) is 4.90 Å². The lowest BCUT2D eigenvalue weighted by Gasteiger charge is -2.32. The molecule has 26 heavy (non-hydrogen) atoms. The van der Waals surface area contributed by atoms with Crippen LogP contribution >= 0.6 is 0 Å². The molecule has 0 aromatic heterocycles. The molecule has 2 aliphatic rings. The number of anilines is 1. The monoisotopic (exact) mass is 358 g/mol. The zero-order valence-corrected chi connectivity index (χ0v) is 14.9. The van der Waals surface area contributed by atoms with E-state index in [2.05, 4.69) is 0 Å². The maximum atomic E-state index is 12.9. The number of nitrogens with zero attached hydrogens (tertiary/aromatic N) is 2. The van der Waals surface area contributed by atoms with Gasteiger partial charge in [-0.2, -0.15) is 0 Å². The molecule has 3 rings (SSSR count). The topological polar surface area (TPSA) is 84.0 Å². The van der Waals surface area contributed by atoms with Crippen LogP contribution in [-0.4, -0.2) is 40.7 Å². The summed E-state index contributed by atoms with van der Waals surface area (Å²) in [7, 11) is 0. The molecule has 1 atom stereocenters. The van der Waals surface area contributed by atoms with Crippen molar-refractivity contribution in [3.05, 3.63) is 24.3 Å². The number of carbonyl (C=O) groups excluding carboxylic acids is 4. The molecule has 0 spiro atoms. The van der Waals surface area contributed by atoms with Crippen LogP contribution in [0.2, 0.25) is 0 Å². The van der Waals surface area contributed by atoms with E-state index in [1.54, 1.807) is 17.0 Å². The average Bonchev–Trinajstić information content (AvgIpc) is 3.18. The van der Waals surface area contributed by atoms with Crippen molar-refractivity contribution in [1.82, 2.24) is 4.90 Å². The molecule has 1 unspecified atom stereocenters. The Balaban J connectivity index is 1.81. The molecular formula is C19H22N2O5.